The van der Waals surface area contributed by atoms with Gasteiger partial charge in [0.15, 0.2) is 0 Å². The summed E-state index contributed by atoms with van der Waals surface area (Å²) in [5.74, 6) is 0.0691. The predicted molar refractivity (Wildman–Crippen MR) is 85.5 cm³/mol. The highest BCUT2D eigenvalue weighted by Gasteiger charge is 2.34. The summed E-state index contributed by atoms with van der Waals surface area (Å²) in [6.07, 6.45) is 3.14. The molecule has 1 fully saturated rings. The number of carbonyl (C=O) groups is 1. The van der Waals surface area contributed by atoms with Crippen LogP contribution in [0, 0.1) is 0 Å². The molecule has 3 nitrogen and oxygen atoms in total. The summed E-state index contributed by atoms with van der Waals surface area (Å²) in [6.45, 7) is 4.87. The Bertz CT molecular complexity index is 459. The Balaban J connectivity index is 0.00000200. The van der Waals surface area contributed by atoms with E-state index in [0.717, 1.165) is 31.4 Å². The number of rotatable bonds is 3. The maximum Gasteiger partial charge on any atom is 0.240 e. The molecule has 2 unspecified atom stereocenters. The van der Waals surface area contributed by atoms with Crippen molar-refractivity contribution < 1.29 is 4.79 Å². The van der Waals surface area contributed by atoms with Crippen molar-refractivity contribution in [2.45, 2.75) is 44.7 Å². The first kappa shape index (κ1) is 17.3. The highest BCUT2D eigenvalue weighted by Crippen LogP contribution is 2.22. The first-order valence-corrected chi connectivity index (χ1v) is 7.20. The Kier molecular flexibility index (Phi) is 6.31. The van der Waals surface area contributed by atoms with Gasteiger partial charge in [-0.2, -0.15) is 0 Å². The van der Waals surface area contributed by atoms with Crippen LogP contribution in [0.25, 0.3) is 0 Å². The first-order valence-electron chi connectivity index (χ1n) is 6.83. The highest BCUT2D eigenvalue weighted by atomic mass is 35.5. The number of carbonyl (C=O) groups excluding carboxylic acids is 1. The Hall–Kier alpha value is -0.770. The van der Waals surface area contributed by atoms with Gasteiger partial charge in [0.25, 0.3) is 0 Å². The fourth-order valence-electron chi connectivity index (χ4n) is 2.47. The molecule has 1 aliphatic rings. The first-order chi connectivity index (χ1) is 9.01. The predicted octanol–water partition coefficient (Wildman–Crippen LogP) is 3.47. The van der Waals surface area contributed by atoms with Gasteiger partial charge in [0.05, 0.1) is 11.6 Å². The van der Waals surface area contributed by atoms with Crippen LogP contribution in [0.15, 0.2) is 24.3 Å². The van der Waals surface area contributed by atoms with E-state index in [2.05, 4.69) is 10.6 Å². The average Bonchev–Trinajstić information content (AvgIpc) is 2.39. The van der Waals surface area contributed by atoms with Gasteiger partial charge < -0.3 is 10.6 Å². The lowest BCUT2D eigenvalue weighted by molar-refractivity contribution is -0.128. The lowest BCUT2D eigenvalue weighted by Crippen LogP contribution is -2.57. The van der Waals surface area contributed by atoms with Crippen molar-refractivity contribution in [2.24, 2.45) is 0 Å². The number of hydrogen-bond donors (Lipinski definition) is 2. The van der Waals surface area contributed by atoms with Gasteiger partial charge in [-0.1, -0.05) is 23.7 Å². The lowest BCUT2D eigenvalue weighted by atomic mass is 9.89. The second-order valence-electron chi connectivity index (χ2n) is 5.47. The summed E-state index contributed by atoms with van der Waals surface area (Å²) in [5.41, 5.74) is 0.589. The number of halogens is 2. The Morgan fingerprint density at radius 2 is 2.20 bits per heavy atom. The van der Waals surface area contributed by atoms with E-state index in [0.29, 0.717) is 5.02 Å². The van der Waals surface area contributed by atoms with E-state index in [4.69, 9.17) is 11.6 Å². The van der Waals surface area contributed by atoms with Crippen molar-refractivity contribution >= 4 is 29.9 Å². The molecule has 112 valence electrons. The molecule has 1 amide bonds. The van der Waals surface area contributed by atoms with E-state index in [1.165, 1.54) is 0 Å². The smallest absolute Gasteiger partial charge is 0.240 e. The van der Waals surface area contributed by atoms with Gasteiger partial charge in [-0.15, -0.1) is 12.4 Å². The van der Waals surface area contributed by atoms with E-state index < -0.39 is 5.54 Å². The van der Waals surface area contributed by atoms with Crippen molar-refractivity contribution in [3.8, 4) is 0 Å². The molecule has 0 spiro atoms. The molecule has 1 aromatic carbocycles. The van der Waals surface area contributed by atoms with Crippen LogP contribution in [0.5, 0.6) is 0 Å². The van der Waals surface area contributed by atoms with Gasteiger partial charge in [0.1, 0.15) is 0 Å². The quantitative estimate of drug-likeness (QED) is 0.896. The highest BCUT2D eigenvalue weighted by molar-refractivity contribution is 6.30. The summed E-state index contributed by atoms with van der Waals surface area (Å²) in [6, 6.07) is 7.58. The third kappa shape index (κ3) is 4.11. The molecule has 0 saturated carbocycles. The van der Waals surface area contributed by atoms with E-state index >= 15 is 0 Å². The summed E-state index contributed by atoms with van der Waals surface area (Å²) in [7, 11) is 0. The van der Waals surface area contributed by atoms with E-state index in [9.17, 15) is 4.79 Å². The van der Waals surface area contributed by atoms with Gasteiger partial charge in [-0.3, -0.25) is 4.79 Å². The van der Waals surface area contributed by atoms with Crippen molar-refractivity contribution in [3.63, 3.8) is 0 Å². The summed E-state index contributed by atoms with van der Waals surface area (Å²) < 4.78 is 0. The minimum Gasteiger partial charge on any atom is -0.348 e. The molecule has 2 N–H and O–H groups in total. The van der Waals surface area contributed by atoms with Gasteiger partial charge >= 0.3 is 0 Å². The van der Waals surface area contributed by atoms with Crippen LogP contribution in [-0.2, 0) is 4.79 Å². The van der Waals surface area contributed by atoms with Crippen LogP contribution in [0.1, 0.15) is 44.7 Å². The molecular formula is C15H22Cl2N2O. The zero-order valence-corrected chi connectivity index (χ0v) is 13.5. The number of hydrogen-bond acceptors (Lipinski definition) is 2. The zero-order valence-electron chi connectivity index (χ0n) is 11.9. The molecule has 5 heteroatoms. The van der Waals surface area contributed by atoms with Crippen LogP contribution in [0.4, 0.5) is 0 Å². The van der Waals surface area contributed by atoms with Crippen molar-refractivity contribution in [3.05, 3.63) is 34.9 Å². The Morgan fingerprint density at radius 3 is 2.80 bits per heavy atom. The summed E-state index contributed by atoms with van der Waals surface area (Å²) >= 11 is 5.98. The Morgan fingerprint density at radius 1 is 1.45 bits per heavy atom. The summed E-state index contributed by atoms with van der Waals surface area (Å²) in [4.78, 5) is 12.4. The van der Waals surface area contributed by atoms with Crippen molar-refractivity contribution in [1.29, 1.82) is 0 Å². The average molecular weight is 317 g/mol. The fourth-order valence-corrected chi connectivity index (χ4v) is 2.66. The topological polar surface area (TPSA) is 41.1 Å². The molecule has 0 aliphatic carbocycles. The van der Waals surface area contributed by atoms with Crippen molar-refractivity contribution in [1.82, 2.24) is 10.6 Å². The molecule has 2 rings (SSSR count). The molecule has 2 atom stereocenters. The summed E-state index contributed by atoms with van der Waals surface area (Å²) in [5, 5.41) is 7.09. The molecule has 1 aliphatic heterocycles. The number of amides is 1. The van der Waals surface area contributed by atoms with Crippen LogP contribution in [-0.4, -0.2) is 18.0 Å². The Labute approximate surface area is 131 Å². The minimum absolute atomic E-state index is 0. The standard InChI is InChI=1S/C15H21ClN2O.ClH/c1-11(12-6-5-7-13(16)10-12)18-14(19)15(2)8-3-4-9-17-15;/h5-7,10-11,17H,3-4,8-9H2,1-2H3,(H,18,19);1H. The van der Waals surface area contributed by atoms with Gasteiger partial charge in [0.2, 0.25) is 5.91 Å². The van der Waals surface area contributed by atoms with Crippen LogP contribution >= 0.6 is 24.0 Å². The number of piperidine rings is 1. The molecule has 1 saturated heterocycles. The molecule has 1 heterocycles. The van der Waals surface area contributed by atoms with E-state index in [-0.39, 0.29) is 24.4 Å². The van der Waals surface area contributed by atoms with Crippen LogP contribution < -0.4 is 10.6 Å². The van der Waals surface area contributed by atoms with Crippen molar-refractivity contribution in [2.75, 3.05) is 6.54 Å². The zero-order chi connectivity index (χ0) is 13.9. The lowest BCUT2D eigenvalue weighted by Gasteiger charge is -2.34. The molecule has 0 bridgehead atoms. The van der Waals surface area contributed by atoms with Gasteiger partial charge in [-0.25, -0.2) is 0 Å². The monoisotopic (exact) mass is 316 g/mol. The fraction of sp³-hybridized carbons (Fsp3) is 0.533. The SMILES string of the molecule is CC(NC(=O)C1(C)CCCCN1)c1cccc(Cl)c1.Cl. The van der Waals surface area contributed by atoms with E-state index in [1.807, 2.05) is 38.1 Å². The molecule has 1 aromatic rings. The molecule has 20 heavy (non-hydrogen) atoms. The normalized spacial score (nSPS) is 23.6. The number of nitrogens with one attached hydrogen (secondary N) is 2. The van der Waals surface area contributed by atoms with E-state index in [1.54, 1.807) is 0 Å². The molecule has 0 aromatic heterocycles. The maximum atomic E-state index is 12.4. The minimum atomic E-state index is -0.439. The molecular weight excluding hydrogens is 295 g/mol. The second kappa shape index (κ2) is 7.30. The second-order valence-corrected chi connectivity index (χ2v) is 5.90. The van der Waals surface area contributed by atoms with Crippen LogP contribution in [0.2, 0.25) is 5.02 Å². The largest absolute Gasteiger partial charge is 0.348 e. The third-order valence-corrected chi connectivity index (χ3v) is 4.05. The maximum absolute atomic E-state index is 12.4. The van der Waals surface area contributed by atoms with Crippen LogP contribution in [0.3, 0.4) is 0 Å². The molecule has 0 radical (unpaired) electrons. The van der Waals surface area contributed by atoms with Gasteiger partial charge in [0, 0.05) is 5.02 Å². The number of benzene rings is 1. The third-order valence-electron chi connectivity index (χ3n) is 3.82. The van der Waals surface area contributed by atoms with Gasteiger partial charge in [-0.05, 0) is 57.4 Å².